The maximum Gasteiger partial charge on any atom is 0.253 e. The van der Waals surface area contributed by atoms with Gasteiger partial charge in [-0.3, -0.25) is 9.59 Å². The van der Waals surface area contributed by atoms with Crippen molar-refractivity contribution in [3.63, 3.8) is 0 Å². The molecule has 0 aliphatic carbocycles. The van der Waals surface area contributed by atoms with E-state index in [0.29, 0.717) is 57.8 Å². The van der Waals surface area contributed by atoms with Crippen molar-refractivity contribution in [1.29, 1.82) is 0 Å². The molecule has 2 heterocycles. The zero-order valence-corrected chi connectivity index (χ0v) is 15.2. The second-order valence-electron chi connectivity index (χ2n) is 6.57. The molecule has 6 nitrogen and oxygen atoms in total. The Balaban J connectivity index is 0.00000225. The van der Waals surface area contributed by atoms with Gasteiger partial charge in [0.25, 0.3) is 5.91 Å². The van der Waals surface area contributed by atoms with Gasteiger partial charge in [0.2, 0.25) is 5.91 Å². The Labute approximate surface area is 154 Å². The first-order chi connectivity index (χ1) is 11.6. The highest BCUT2D eigenvalue weighted by Gasteiger charge is 2.39. The number of halogens is 1. The van der Waals surface area contributed by atoms with Gasteiger partial charge < -0.3 is 20.3 Å². The van der Waals surface area contributed by atoms with Crippen LogP contribution in [0.15, 0.2) is 30.3 Å². The van der Waals surface area contributed by atoms with E-state index in [2.05, 4.69) is 0 Å². The summed E-state index contributed by atoms with van der Waals surface area (Å²) in [6.07, 6.45) is 1.90. The Morgan fingerprint density at radius 3 is 2.24 bits per heavy atom. The average Bonchev–Trinajstić information content (AvgIpc) is 2.88. The van der Waals surface area contributed by atoms with Crippen molar-refractivity contribution >= 4 is 24.2 Å². The maximum atomic E-state index is 12.8. The van der Waals surface area contributed by atoms with Crippen molar-refractivity contribution in [2.75, 3.05) is 39.4 Å². The molecule has 25 heavy (non-hydrogen) atoms. The van der Waals surface area contributed by atoms with E-state index in [1.165, 1.54) is 0 Å². The zero-order chi connectivity index (χ0) is 17.0. The summed E-state index contributed by atoms with van der Waals surface area (Å²) in [4.78, 5) is 29.0. The van der Waals surface area contributed by atoms with Gasteiger partial charge in [0.15, 0.2) is 0 Å². The Bertz CT molecular complexity index is 590. The molecule has 2 amide bonds. The molecule has 0 saturated carbocycles. The molecule has 2 saturated heterocycles. The highest BCUT2D eigenvalue weighted by Crippen LogP contribution is 2.21. The van der Waals surface area contributed by atoms with Crippen molar-refractivity contribution in [3.05, 3.63) is 35.9 Å². The molecule has 0 unspecified atom stereocenters. The van der Waals surface area contributed by atoms with Crippen LogP contribution in [0.4, 0.5) is 0 Å². The fraction of sp³-hybridized carbons (Fsp3) is 0.556. The number of ether oxygens (including phenoxy) is 1. The minimum Gasteiger partial charge on any atom is -0.381 e. The van der Waals surface area contributed by atoms with Crippen LogP contribution in [0.5, 0.6) is 0 Å². The molecule has 0 aromatic heterocycles. The number of hydrogen-bond acceptors (Lipinski definition) is 4. The van der Waals surface area contributed by atoms with Crippen LogP contribution < -0.4 is 5.73 Å². The Morgan fingerprint density at radius 1 is 0.960 bits per heavy atom. The van der Waals surface area contributed by atoms with E-state index in [1.807, 2.05) is 40.1 Å². The largest absolute Gasteiger partial charge is 0.381 e. The average molecular weight is 368 g/mol. The molecule has 3 rings (SSSR count). The van der Waals surface area contributed by atoms with Gasteiger partial charge in [-0.2, -0.15) is 0 Å². The minimum absolute atomic E-state index is 0. The van der Waals surface area contributed by atoms with Crippen molar-refractivity contribution in [3.8, 4) is 0 Å². The summed E-state index contributed by atoms with van der Waals surface area (Å²) >= 11 is 0. The maximum absolute atomic E-state index is 12.8. The summed E-state index contributed by atoms with van der Waals surface area (Å²) in [5.74, 6) is 0.0261. The number of nitrogens with zero attached hydrogens (tertiary/aromatic N) is 2. The normalized spacial score (nSPS) is 20.4. The van der Waals surface area contributed by atoms with Gasteiger partial charge in [-0.05, 0) is 31.4 Å². The lowest BCUT2D eigenvalue weighted by Crippen LogP contribution is -2.58. The summed E-state index contributed by atoms with van der Waals surface area (Å²) < 4.78 is 5.32. The van der Waals surface area contributed by atoms with Gasteiger partial charge in [-0.15, -0.1) is 12.4 Å². The van der Waals surface area contributed by atoms with Gasteiger partial charge in [0, 0.05) is 45.0 Å². The van der Waals surface area contributed by atoms with Gasteiger partial charge in [-0.1, -0.05) is 18.2 Å². The second kappa shape index (κ2) is 8.65. The van der Waals surface area contributed by atoms with Crippen LogP contribution in [0.2, 0.25) is 0 Å². The van der Waals surface area contributed by atoms with Crippen LogP contribution in [0.1, 0.15) is 29.6 Å². The van der Waals surface area contributed by atoms with Gasteiger partial charge in [0.1, 0.15) is 0 Å². The molecule has 7 heteroatoms. The third-order valence-corrected chi connectivity index (χ3v) is 4.90. The molecule has 2 fully saturated rings. The number of benzene rings is 1. The lowest BCUT2D eigenvalue weighted by Gasteiger charge is -2.36. The van der Waals surface area contributed by atoms with Crippen LogP contribution in [0.25, 0.3) is 0 Å². The fourth-order valence-electron chi connectivity index (χ4n) is 3.35. The molecular weight excluding hydrogens is 342 g/mol. The smallest absolute Gasteiger partial charge is 0.253 e. The molecule has 2 N–H and O–H groups in total. The standard InChI is InChI=1S/C18H25N3O3.ClH/c19-18(7-13-24-14-8-18)17(23)21-10-4-9-20(11-12-21)16(22)15-5-2-1-3-6-15;/h1-3,5-6H,4,7-14,19H2;1H. The van der Waals surface area contributed by atoms with Crippen LogP contribution in [-0.4, -0.2) is 66.5 Å². The van der Waals surface area contributed by atoms with E-state index in [9.17, 15) is 9.59 Å². The van der Waals surface area contributed by atoms with E-state index in [0.717, 1.165) is 6.42 Å². The highest BCUT2D eigenvalue weighted by molar-refractivity contribution is 5.94. The Hall–Kier alpha value is -1.63. The van der Waals surface area contributed by atoms with E-state index < -0.39 is 5.54 Å². The first-order valence-electron chi connectivity index (χ1n) is 8.60. The number of carbonyl (C=O) groups excluding carboxylic acids is 2. The van der Waals surface area contributed by atoms with E-state index in [4.69, 9.17) is 10.5 Å². The molecule has 1 aromatic carbocycles. The van der Waals surface area contributed by atoms with Crippen LogP contribution >= 0.6 is 12.4 Å². The number of nitrogens with two attached hydrogens (primary N) is 1. The van der Waals surface area contributed by atoms with Crippen LogP contribution in [0, 0.1) is 0 Å². The Morgan fingerprint density at radius 2 is 1.56 bits per heavy atom. The zero-order valence-electron chi connectivity index (χ0n) is 14.4. The molecule has 1 aromatic rings. The lowest BCUT2D eigenvalue weighted by atomic mass is 9.89. The number of rotatable bonds is 2. The number of hydrogen-bond donors (Lipinski definition) is 1. The second-order valence-corrected chi connectivity index (χ2v) is 6.57. The molecule has 2 aliphatic heterocycles. The fourth-order valence-corrected chi connectivity index (χ4v) is 3.35. The minimum atomic E-state index is -0.809. The van der Waals surface area contributed by atoms with Crippen LogP contribution in [-0.2, 0) is 9.53 Å². The molecule has 0 spiro atoms. The first-order valence-corrected chi connectivity index (χ1v) is 8.60. The molecule has 2 aliphatic rings. The highest BCUT2D eigenvalue weighted by atomic mass is 35.5. The third-order valence-electron chi connectivity index (χ3n) is 4.90. The summed E-state index contributed by atoms with van der Waals surface area (Å²) in [6.45, 7) is 3.47. The molecule has 0 bridgehead atoms. The summed E-state index contributed by atoms with van der Waals surface area (Å²) in [6, 6.07) is 9.28. The molecule has 0 radical (unpaired) electrons. The summed E-state index contributed by atoms with van der Waals surface area (Å²) in [5, 5.41) is 0. The van der Waals surface area contributed by atoms with Crippen molar-refractivity contribution < 1.29 is 14.3 Å². The van der Waals surface area contributed by atoms with E-state index in [-0.39, 0.29) is 24.2 Å². The first kappa shape index (κ1) is 19.7. The van der Waals surface area contributed by atoms with E-state index in [1.54, 1.807) is 0 Å². The van der Waals surface area contributed by atoms with Gasteiger partial charge in [0.05, 0.1) is 5.54 Å². The number of carbonyl (C=O) groups is 2. The third kappa shape index (κ3) is 4.51. The SMILES string of the molecule is Cl.NC1(C(=O)N2CCCN(C(=O)c3ccccc3)CC2)CCOCC1. The number of amides is 2. The Kier molecular flexibility index (Phi) is 6.81. The van der Waals surface area contributed by atoms with Crippen LogP contribution in [0.3, 0.4) is 0 Å². The molecule has 0 atom stereocenters. The van der Waals surface area contributed by atoms with Crippen molar-refractivity contribution in [1.82, 2.24) is 9.80 Å². The van der Waals surface area contributed by atoms with Crippen molar-refractivity contribution in [2.24, 2.45) is 5.73 Å². The summed E-state index contributed by atoms with van der Waals surface area (Å²) in [7, 11) is 0. The predicted molar refractivity (Wildman–Crippen MR) is 97.8 cm³/mol. The predicted octanol–water partition coefficient (Wildman–Crippen LogP) is 1.29. The lowest BCUT2D eigenvalue weighted by molar-refractivity contribution is -0.140. The van der Waals surface area contributed by atoms with Gasteiger partial charge in [-0.25, -0.2) is 0 Å². The van der Waals surface area contributed by atoms with E-state index >= 15 is 0 Å². The molecule has 138 valence electrons. The van der Waals surface area contributed by atoms with Gasteiger partial charge >= 0.3 is 0 Å². The monoisotopic (exact) mass is 367 g/mol. The quantitative estimate of drug-likeness (QED) is 0.854. The van der Waals surface area contributed by atoms with Crippen molar-refractivity contribution in [2.45, 2.75) is 24.8 Å². The molecular formula is C18H26ClN3O3. The summed E-state index contributed by atoms with van der Waals surface area (Å²) in [5.41, 5.74) is 6.20. The topological polar surface area (TPSA) is 75.9 Å².